The molecule has 6 heteroatoms. The average Bonchev–Trinajstić information content (AvgIpc) is 2.48. The third-order valence-corrected chi connectivity index (χ3v) is 3.36. The number of hydrogen-bond acceptors (Lipinski definition) is 4. The summed E-state index contributed by atoms with van der Waals surface area (Å²) in [6, 6.07) is 7.94. The number of carbonyl (C=O) groups is 1. The average molecular weight is 294 g/mol. The second-order valence-electron chi connectivity index (χ2n) is 4.36. The van der Waals surface area contributed by atoms with Crippen molar-refractivity contribution in [1.29, 1.82) is 0 Å². The maximum atomic E-state index is 11.3. The molecule has 1 aliphatic rings. The molecule has 20 heavy (non-hydrogen) atoms. The molecule has 1 amide bonds. The Balaban J connectivity index is 1.82. The molecule has 106 valence electrons. The van der Waals surface area contributed by atoms with E-state index in [0.717, 1.165) is 18.6 Å². The Bertz CT molecular complexity index is 526. The van der Waals surface area contributed by atoms with Gasteiger partial charge in [-0.3, -0.25) is 9.79 Å². The number of rotatable bonds is 5. The molecule has 1 aliphatic heterocycles. The van der Waals surface area contributed by atoms with Crippen molar-refractivity contribution < 1.29 is 9.53 Å². The highest BCUT2D eigenvalue weighted by Gasteiger charge is 2.23. The van der Waals surface area contributed by atoms with Crippen LogP contribution in [-0.4, -0.2) is 36.9 Å². The number of methoxy groups -OCH3 is 1. The van der Waals surface area contributed by atoms with E-state index >= 15 is 0 Å². The standard InChI is InChI=1S/C14H16ClN3O2/c1-20-11-6-4-10(5-7-11)3-2-8-16-12-9-17-18-14(19)13(12)15/h4-7,9,13H,2-3,8H2,1H3,(H,18,19). The second-order valence-corrected chi connectivity index (χ2v) is 4.79. The number of amides is 1. The Morgan fingerprint density at radius 3 is 2.85 bits per heavy atom. The third kappa shape index (κ3) is 3.81. The van der Waals surface area contributed by atoms with E-state index in [2.05, 4.69) is 15.5 Å². The van der Waals surface area contributed by atoms with Gasteiger partial charge in [-0.05, 0) is 30.5 Å². The van der Waals surface area contributed by atoms with Crippen LogP contribution in [0.15, 0.2) is 34.4 Å². The molecule has 5 nitrogen and oxygen atoms in total. The van der Waals surface area contributed by atoms with E-state index in [1.807, 2.05) is 24.3 Å². The van der Waals surface area contributed by atoms with E-state index in [9.17, 15) is 4.79 Å². The van der Waals surface area contributed by atoms with Crippen molar-refractivity contribution in [3.63, 3.8) is 0 Å². The molecule has 1 N–H and O–H groups in total. The lowest BCUT2D eigenvalue weighted by atomic mass is 10.1. The highest BCUT2D eigenvalue weighted by molar-refractivity contribution is 6.54. The summed E-state index contributed by atoms with van der Waals surface area (Å²) in [5.41, 5.74) is 4.04. The zero-order valence-corrected chi connectivity index (χ0v) is 11.9. The smallest absolute Gasteiger partial charge is 0.264 e. The quantitative estimate of drug-likeness (QED) is 0.664. The first kappa shape index (κ1) is 14.5. The molecule has 1 heterocycles. The molecule has 1 atom stereocenters. The minimum absolute atomic E-state index is 0.330. The molecule has 0 spiro atoms. The highest BCUT2D eigenvalue weighted by atomic mass is 35.5. The number of halogens is 1. The molecule has 2 rings (SSSR count). The molecule has 0 radical (unpaired) electrons. The summed E-state index contributed by atoms with van der Waals surface area (Å²) in [6.07, 6.45) is 3.29. The van der Waals surface area contributed by atoms with Crippen molar-refractivity contribution in [1.82, 2.24) is 5.43 Å². The van der Waals surface area contributed by atoms with Crippen molar-refractivity contribution in [3.05, 3.63) is 29.8 Å². The normalized spacial score (nSPS) is 20.0. The summed E-state index contributed by atoms with van der Waals surface area (Å²) in [5.74, 6) is 0.520. The van der Waals surface area contributed by atoms with E-state index in [-0.39, 0.29) is 5.91 Å². The van der Waals surface area contributed by atoms with Crippen LogP contribution >= 0.6 is 11.6 Å². The fraction of sp³-hybridized carbons (Fsp3) is 0.357. The van der Waals surface area contributed by atoms with Crippen molar-refractivity contribution in [2.75, 3.05) is 13.7 Å². The van der Waals surface area contributed by atoms with Crippen LogP contribution in [0.25, 0.3) is 0 Å². The minimum Gasteiger partial charge on any atom is -0.497 e. The van der Waals surface area contributed by atoms with Gasteiger partial charge in [0.25, 0.3) is 5.91 Å². The highest BCUT2D eigenvalue weighted by Crippen LogP contribution is 2.12. The summed E-state index contributed by atoms with van der Waals surface area (Å²) < 4.78 is 5.11. The van der Waals surface area contributed by atoms with Gasteiger partial charge in [-0.1, -0.05) is 12.1 Å². The molecule has 0 saturated carbocycles. The number of hydrazone groups is 1. The van der Waals surface area contributed by atoms with E-state index in [1.54, 1.807) is 7.11 Å². The molecule has 0 bridgehead atoms. The maximum Gasteiger partial charge on any atom is 0.264 e. The van der Waals surface area contributed by atoms with Crippen molar-refractivity contribution >= 4 is 29.4 Å². The van der Waals surface area contributed by atoms with Gasteiger partial charge in [-0.2, -0.15) is 5.10 Å². The van der Waals surface area contributed by atoms with E-state index < -0.39 is 5.38 Å². The zero-order chi connectivity index (χ0) is 14.4. The first-order valence-electron chi connectivity index (χ1n) is 6.35. The molecular formula is C14H16ClN3O2. The summed E-state index contributed by atoms with van der Waals surface area (Å²) in [7, 11) is 1.65. The van der Waals surface area contributed by atoms with Crippen molar-refractivity contribution in [3.8, 4) is 5.75 Å². The number of carbonyl (C=O) groups excluding carboxylic acids is 1. The Morgan fingerprint density at radius 2 is 2.15 bits per heavy atom. The largest absolute Gasteiger partial charge is 0.497 e. The number of ether oxygens (including phenoxy) is 1. The van der Waals surface area contributed by atoms with Gasteiger partial charge in [-0.25, -0.2) is 5.43 Å². The minimum atomic E-state index is -0.742. The van der Waals surface area contributed by atoms with E-state index in [4.69, 9.17) is 16.3 Å². The molecule has 1 aromatic rings. The third-order valence-electron chi connectivity index (χ3n) is 2.94. The molecule has 1 unspecified atom stereocenters. The van der Waals surface area contributed by atoms with Gasteiger partial charge in [0.2, 0.25) is 0 Å². The van der Waals surface area contributed by atoms with Crippen LogP contribution in [-0.2, 0) is 11.2 Å². The SMILES string of the molecule is COc1ccc(CCCN=C2C=NNC(=O)C2Cl)cc1. The lowest BCUT2D eigenvalue weighted by molar-refractivity contribution is -0.119. The maximum absolute atomic E-state index is 11.3. The Morgan fingerprint density at radius 1 is 1.40 bits per heavy atom. The monoisotopic (exact) mass is 293 g/mol. The fourth-order valence-corrected chi connectivity index (χ4v) is 2.00. The van der Waals surface area contributed by atoms with Crippen LogP contribution in [0.4, 0.5) is 0 Å². The zero-order valence-electron chi connectivity index (χ0n) is 11.2. The first-order valence-corrected chi connectivity index (χ1v) is 6.78. The molecule has 0 aromatic heterocycles. The van der Waals surface area contributed by atoms with Crippen LogP contribution < -0.4 is 10.2 Å². The Hall–Kier alpha value is -1.88. The van der Waals surface area contributed by atoms with Gasteiger partial charge >= 0.3 is 0 Å². The summed E-state index contributed by atoms with van der Waals surface area (Å²) in [4.78, 5) is 15.6. The predicted molar refractivity (Wildman–Crippen MR) is 79.9 cm³/mol. The number of aryl methyl sites for hydroxylation is 1. The lowest BCUT2D eigenvalue weighted by Crippen LogP contribution is -2.39. The summed E-state index contributed by atoms with van der Waals surface area (Å²) in [5, 5.41) is 2.95. The van der Waals surface area contributed by atoms with Crippen LogP contribution in [0, 0.1) is 0 Å². The van der Waals surface area contributed by atoms with Crippen LogP contribution in [0.1, 0.15) is 12.0 Å². The Labute approximate surface area is 122 Å². The lowest BCUT2D eigenvalue weighted by Gasteiger charge is -2.12. The molecule has 0 fully saturated rings. The first-order chi connectivity index (χ1) is 9.70. The predicted octanol–water partition coefficient (Wildman–Crippen LogP) is 1.79. The van der Waals surface area contributed by atoms with Gasteiger partial charge in [0, 0.05) is 6.54 Å². The van der Waals surface area contributed by atoms with Gasteiger partial charge in [0.15, 0.2) is 5.38 Å². The summed E-state index contributed by atoms with van der Waals surface area (Å²) in [6.45, 7) is 0.615. The number of aliphatic imine (C=N–C) groups is 1. The van der Waals surface area contributed by atoms with Crippen LogP contribution in [0.5, 0.6) is 5.75 Å². The number of hydrogen-bond donors (Lipinski definition) is 1. The van der Waals surface area contributed by atoms with Gasteiger partial charge in [0.05, 0.1) is 19.0 Å². The topological polar surface area (TPSA) is 63.1 Å². The molecular weight excluding hydrogens is 278 g/mol. The van der Waals surface area contributed by atoms with Crippen LogP contribution in [0.2, 0.25) is 0 Å². The Kier molecular flexibility index (Phi) is 5.12. The van der Waals surface area contributed by atoms with Crippen LogP contribution in [0.3, 0.4) is 0 Å². The molecule has 1 aromatic carbocycles. The number of alkyl halides is 1. The van der Waals surface area contributed by atoms with Crippen molar-refractivity contribution in [2.45, 2.75) is 18.2 Å². The van der Waals surface area contributed by atoms with Gasteiger partial charge < -0.3 is 4.74 Å². The molecule has 0 saturated heterocycles. The summed E-state index contributed by atoms with van der Waals surface area (Å²) >= 11 is 5.91. The van der Waals surface area contributed by atoms with E-state index in [1.165, 1.54) is 11.8 Å². The van der Waals surface area contributed by atoms with E-state index in [0.29, 0.717) is 12.3 Å². The second kappa shape index (κ2) is 7.05. The van der Waals surface area contributed by atoms with Crippen molar-refractivity contribution in [2.24, 2.45) is 10.1 Å². The number of nitrogens with zero attached hydrogens (tertiary/aromatic N) is 2. The van der Waals surface area contributed by atoms with Gasteiger partial charge in [-0.15, -0.1) is 11.6 Å². The number of benzene rings is 1. The molecule has 0 aliphatic carbocycles. The van der Waals surface area contributed by atoms with Gasteiger partial charge in [0.1, 0.15) is 5.75 Å². The fourth-order valence-electron chi connectivity index (χ4n) is 1.82. The number of nitrogens with one attached hydrogen (secondary N) is 1.